The average Bonchev–Trinajstić information content (AvgIpc) is 2.92. The predicted octanol–water partition coefficient (Wildman–Crippen LogP) is 5.73. The summed E-state index contributed by atoms with van der Waals surface area (Å²) in [5, 5.41) is 22.8. The molecule has 5 nitrogen and oxygen atoms in total. The average molecular weight is 464 g/mol. The highest BCUT2D eigenvalue weighted by Gasteiger charge is 2.52. The second kappa shape index (κ2) is 9.12. The number of nitrogens with zero attached hydrogens (tertiary/aromatic N) is 1. The fourth-order valence-corrected chi connectivity index (χ4v) is 4.75. The summed E-state index contributed by atoms with van der Waals surface area (Å²) in [6.45, 7) is 0. The maximum atomic E-state index is 13.0. The van der Waals surface area contributed by atoms with Crippen molar-refractivity contribution in [2.45, 2.75) is 11.6 Å². The number of ether oxygens (including phenoxy) is 1. The number of aliphatic hydroxyl groups is 1. The van der Waals surface area contributed by atoms with E-state index >= 15 is 0 Å². The number of carboxylic acid groups (broad SMARTS) is 1. The molecule has 1 aliphatic heterocycles. The van der Waals surface area contributed by atoms with Gasteiger partial charge in [0.15, 0.2) is 0 Å². The number of para-hydroxylation sites is 1. The van der Waals surface area contributed by atoms with Crippen molar-refractivity contribution in [3.8, 4) is 5.75 Å². The number of hydrogen-bond donors (Lipinski definition) is 2. The molecular weight excluding hydrogens is 438 g/mol. The van der Waals surface area contributed by atoms with Crippen LogP contribution in [0.3, 0.4) is 0 Å². The van der Waals surface area contributed by atoms with Gasteiger partial charge in [-0.3, -0.25) is 0 Å². The first-order valence-corrected chi connectivity index (χ1v) is 11.3. The summed E-state index contributed by atoms with van der Waals surface area (Å²) in [5.74, 6) is -0.756. The molecule has 35 heavy (non-hydrogen) atoms. The van der Waals surface area contributed by atoms with E-state index in [9.17, 15) is 15.0 Å². The maximum absolute atomic E-state index is 13.0. The smallest absolute Gasteiger partial charge is 0.343 e. The molecule has 1 aliphatic rings. The minimum Gasteiger partial charge on any atom is -0.497 e. The number of anilines is 1. The summed E-state index contributed by atoms with van der Waals surface area (Å²) >= 11 is 0. The monoisotopic (exact) mass is 463 g/mol. The maximum Gasteiger partial charge on any atom is 0.343 e. The number of aliphatic carboxylic acids is 1. The third-order valence-electron chi connectivity index (χ3n) is 6.46. The summed E-state index contributed by atoms with van der Waals surface area (Å²) in [6.07, 6.45) is 2.05. The number of rotatable bonds is 6. The van der Waals surface area contributed by atoms with Gasteiger partial charge < -0.3 is 19.8 Å². The fraction of sp³-hybridized carbons (Fsp3) is 0.100. The number of benzene rings is 4. The predicted molar refractivity (Wildman–Crippen MR) is 137 cm³/mol. The fourth-order valence-electron chi connectivity index (χ4n) is 4.75. The van der Waals surface area contributed by atoms with E-state index in [1.165, 1.54) is 0 Å². The first kappa shape index (κ1) is 22.4. The van der Waals surface area contributed by atoms with Gasteiger partial charge in [-0.05, 0) is 52.6 Å². The van der Waals surface area contributed by atoms with Gasteiger partial charge in [-0.15, -0.1) is 0 Å². The molecule has 2 N–H and O–H groups in total. The Kier molecular flexibility index (Phi) is 5.85. The van der Waals surface area contributed by atoms with E-state index < -0.39 is 17.6 Å². The minimum absolute atomic E-state index is 0.265. The summed E-state index contributed by atoms with van der Waals surface area (Å²) in [7, 11) is 1.55. The molecule has 0 bridgehead atoms. The van der Waals surface area contributed by atoms with Crippen molar-refractivity contribution < 1.29 is 19.7 Å². The molecule has 0 fully saturated rings. The Bertz CT molecular complexity index is 1370. The van der Waals surface area contributed by atoms with Gasteiger partial charge in [-0.1, -0.05) is 84.9 Å². The van der Waals surface area contributed by atoms with Crippen molar-refractivity contribution in [3.05, 3.63) is 131 Å². The van der Waals surface area contributed by atoms with Gasteiger partial charge >= 0.3 is 5.97 Å². The Morgan fingerprint density at radius 2 is 1.43 bits per heavy atom. The molecule has 0 radical (unpaired) electrons. The third kappa shape index (κ3) is 3.86. The van der Waals surface area contributed by atoms with Crippen LogP contribution in [-0.4, -0.2) is 23.3 Å². The second-order valence-corrected chi connectivity index (χ2v) is 8.43. The van der Waals surface area contributed by atoms with Gasteiger partial charge in [0.05, 0.1) is 7.11 Å². The van der Waals surface area contributed by atoms with E-state index in [0.29, 0.717) is 5.75 Å². The molecule has 0 aromatic heterocycles. The zero-order valence-corrected chi connectivity index (χ0v) is 19.2. The van der Waals surface area contributed by atoms with Gasteiger partial charge in [0.2, 0.25) is 5.60 Å². The van der Waals surface area contributed by atoms with E-state index in [0.717, 1.165) is 28.1 Å². The molecule has 2 unspecified atom stereocenters. The van der Waals surface area contributed by atoms with Crippen molar-refractivity contribution in [2.24, 2.45) is 0 Å². The molecule has 0 saturated carbocycles. The highest BCUT2D eigenvalue weighted by Crippen LogP contribution is 2.50. The molecule has 1 heterocycles. The molecule has 0 aliphatic carbocycles. The Hall–Kier alpha value is -4.35. The molecular formula is C30H25NO4. The van der Waals surface area contributed by atoms with Crippen molar-refractivity contribution in [1.82, 2.24) is 0 Å². The van der Waals surface area contributed by atoms with E-state index in [1.807, 2.05) is 95.9 Å². The Morgan fingerprint density at radius 3 is 2.06 bits per heavy atom. The number of methoxy groups -OCH3 is 1. The van der Waals surface area contributed by atoms with Crippen molar-refractivity contribution in [3.63, 3.8) is 0 Å². The SMILES string of the molecule is COc1ccc(C(O)(C(=O)O)C2c3ccccc3C=C(c3ccccc3)N2c2ccccc2)cc1. The number of carbonyl (C=O) groups is 1. The second-order valence-electron chi connectivity index (χ2n) is 8.43. The van der Waals surface area contributed by atoms with Crippen LogP contribution >= 0.6 is 0 Å². The molecule has 174 valence electrons. The van der Waals surface area contributed by atoms with Crippen LogP contribution in [-0.2, 0) is 10.4 Å². The number of fused-ring (bicyclic) bond motifs is 1. The molecule has 0 amide bonds. The number of hydrogen-bond acceptors (Lipinski definition) is 4. The van der Waals surface area contributed by atoms with Crippen LogP contribution in [0.2, 0.25) is 0 Å². The lowest BCUT2D eigenvalue weighted by Crippen LogP contribution is -2.50. The molecule has 5 heteroatoms. The van der Waals surface area contributed by atoms with Gasteiger partial charge in [-0.25, -0.2) is 4.79 Å². The minimum atomic E-state index is -2.27. The van der Waals surface area contributed by atoms with Gasteiger partial charge in [0.25, 0.3) is 0 Å². The van der Waals surface area contributed by atoms with Crippen LogP contribution in [0, 0.1) is 0 Å². The summed E-state index contributed by atoms with van der Waals surface area (Å²) < 4.78 is 5.26. The van der Waals surface area contributed by atoms with Gasteiger partial charge in [0.1, 0.15) is 11.8 Å². The molecule has 5 rings (SSSR count). The van der Waals surface area contributed by atoms with Crippen molar-refractivity contribution >= 4 is 23.4 Å². The zero-order chi connectivity index (χ0) is 24.4. The molecule has 0 spiro atoms. The topological polar surface area (TPSA) is 70.0 Å². The first-order chi connectivity index (χ1) is 17.0. The first-order valence-electron chi connectivity index (χ1n) is 11.3. The van der Waals surface area contributed by atoms with E-state index in [-0.39, 0.29) is 5.56 Å². The third-order valence-corrected chi connectivity index (χ3v) is 6.46. The van der Waals surface area contributed by atoms with Crippen LogP contribution < -0.4 is 9.64 Å². The Labute approximate surface area is 204 Å². The molecule has 4 aromatic rings. The lowest BCUT2D eigenvalue weighted by Gasteiger charge is -2.46. The van der Waals surface area contributed by atoms with Crippen LogP contribution in [0.15, 0.2) is 109 Å². The Balaban J connectivity index is 1.81. The molecule has 0 saturated heterocycles. The van der Waals surface area contributed by atoms with Crippen LogP contribution in [0.25, 0.3) is 11.8 Å². The van der Waals surface area contributed by atoms with Crippen molar-refractivity contribution in [2.75, 3.05) is 12.0 Å². The van der Waals surface area contributed by atoms with Crippen LogP contribution in [0.5, 0.6) is 5.75 Å². The largest absolute Gasteiger partial charge is 0.497 e. The van der Waals surface area contributed by atoms with Crippen LogP contribution in [0.4, 0.5) is 5.69 Å². The molecule has 2 atom stereocenters. The normalized spacial score (nSPS) is 16.6. The highest BCUT2D eigenvalue weighted by molar-refractivity contribution is 5.96. The van der Waals surface area contributed by atoms with E-state index in [2.05, 4.69) is 0 Å². The number of carboxylic acids is 1. The van der Waals surface area contributed by atoms with E-state index in [1.54, 1.807) is 31.4 Å². The lowest BCUT2D eigenvalue weighted by atomic mass is 9.77. The summed E-state index contributed by atoms with van der Waals surface area (Å²) in [6, 6.07) is 32.6. The highest BCUT2D eigenvalue weighted by atomic mass is 16.5. The van der Waals surface area contributed by atoms with Crippen molar-refractivity contribution in [1.29, 1.82) is 0 Å². The standard InChI is InChI=1S/C30H25NO4/c1-35-25-18-16-23(17-19-25)30(34,29(32)33)28-26-15-9-8-12-22(26)20-27(21-10-4-2-5-11-21)31(28)24-13-6-3-7-14-24/h2-20,28,34H,1H3,(H,32,33). The zero-order valence-electron chi connectivity index (χ0n) is 19.2. The summed E-state index contributed by atoms with van der Waals surface area (Å²) in [4.78, 5) is 14.9. The quantitative estimate of drug-likeness (QED) is 0.382. The van der Waals surface area contributed by atoms with Crippen LogP contribution in [0.1, 0.15) is 28.3 Å². The Morgan fingerprint density at radius 1 is 0.829 bits per heavy atom. The lowest BCUT2D eigenvalue weighted by molar-refractivity contribution is -0.162. The van der Waals surface area contributed by atoms with E-state index in [4.69, 9.17) is 4.74 Å². The molecule has 4 aromatic carbocycles. The summed E-state index contributed by atoms with van der Waals surface area (Å²) in [5.41, 5.74) is 2.06. The van der Waals surface area contributed by atoms with Gasteiger partial charge in [-0.2, -0.15) is 0 Å². The van der Waals surface area contributed by atoms with Gasteiger partial charge in [0, 0.05) is 11.4 Å².